The number of nitrogens with zero attached hydrogens (tertiary/aromatic N) is 1. The lowest BCUT2D eigenvalue weighted by Crippen LogP contribution is -2.19. The lowest BCUT2D eigenvalue weighted by Gasteiger charge is -2.26. The highest BCUT2D eigenvalue weighted by molar-refractivity contribution is 5.66. The molecule has 0 bridgehead atoms. The summed E-state index contributed by atoms with van der Waals surface area (Å²) in [5.74, 6) is 0. The minimum Gasteiger partial charge on any atom is -0.344 e. The molecule has 1 N–H and O–H groups in total. The van der Waals surface area contributed by atoms with Crippen LogP contribution in [0, 0.1) is 6.92 Å². The third kappa shape index (κ3) is 3.02. The zero-order valence-electron chi connectivity index (χ0n) is 12.9. The van der Waals surface area contributed by atoms with E-state index >= 15 is 0 Å². The predicted molar refractivity (Wildman–Crippen MR) is 87.8 cm³/mol. The van der Waals surface area contributed by atoms with E-state index in [4.69, 9.17) is 0 Å². The third-order valence-corrected chi connectivity index (χ3v) is 3.85. The molecular weight excluding hydrogens is 244 g/mol. The van der Waals surface area contributed by atoms with Gasteiger partial charge in [0.25, 0.3) is 0 Å². The van der Waals surface area contributed by atoms with Crippen molar-refractivity contribution in [1.82, 2.24) is 5.32 Å². The minimum atomic E-state index is 0.388. The molecule has 2 aromatic rings. The van der Waals surface area contributed by atoms with E-state index in [2.05, 4.69) is 79.6 Å². The van der Waals surface area contributed by atoms with Gasteiger partial charge >= 0.3 is 0 Å². The molecule has 20 heavy (non-hydrogen) atoms. The van der Waals surface area contributed by atoms with Crippen LogP contribution in [0.2, 0.25) is 0 Å². The molecule has 2 heteroatoms. The van der Waals surface area contributed by atoms with Gasteiger partial charge in [-0.25, -0.2) is 0 Å². The molecule has 1 atom stereocenters. The fraction of sp³-hybridized carbons (Fsp3) is 0.333. The van der Waals surface area contributed by atoms with Gasteiger partial charge in [0.1, 0.15) is 0 Å². The molecule has 0 heterocycles. The molecule has 2 aromatic carbocycles. The Morgan fingerprint density at radius 1 is 1.05 bits per heavy atom. The Kier molecular flexibility index (Phi) is 4.80. The van der Waals surface area contributed by atoms with E-state index in [0.29, 0.717) is 6.04 Å². The van der Waals surface area contributed by atoms with Crippen molar-refractivity contribution in [3.63, 3.8) is 0 Å². The van der Waals surface area contributed by atoms with Gasteiger partial charge in [0.2, 0.25) is 0 Å². The molecule has 1 unspecified atom stereocenters. The van der Waals surface area contributed by atoms with Crippen LogP contribution >= 0.6 is 0 Å². The molecule has 0 saturated heterocycles. The number of anilines is 2. The molecule has 106 valence electrons. The molecule has 0 radical (unpaired) electrons. The summed E-state index contributed by atoms with van der Waals surface area (Å²) >= 11 is 0. The highest BCUT2D eigenvalue weighted by Gasteiger charge is 2.14. The summed E-state index contributed by atoms with van der Waals surface area (Å²) in [6.07, 6.45) is 1.08. The Morgan fingerprint density at radius 2 is 1.70 bits per heavy atom. The first-order chi connectivity index (χ1) is 9.67. The van der Waals surface area contributed by atoms with Crippen LogP contribution < -0.4 is 10.2 Å². The zero-order valence-corrected chi connectivity index (χ0v) is 12.9. The molecule has 0 saturated carbocycles. The molecule has 0 aliphatic heterocycles. The molecule has 0 amide bonds. The van der Waals surface area contributed by atoms with Crippen molar-refractivity contribution >= 4 is 11.4 Å². The van der Waals surface area contributed by atoms with Gasteiger partial charge in [0.05, 0.1) is 0 Å². The number of benzene rings is 2. The fourth-order valence-corrected chi connectivity index (χ4v) is 2.57. The first kappa shape index (κ1) is 14.6. The summed E-state index contributed by atoms with van der Waals surface area (Å²) in [5.41, 5.74) is 5.12. The Labute approximate surface area is 122 Å². The van der Waals surface area contributed by atoms with Crippen molar-refractivity contribution < 1.29 is 0 Å². The quantitative estimate of drug-likeness (QED) is 0.862. The van der Waals surface area contributed by atoms with Crippen LogP contribution in [-0.4, -0.2) is 14.1 Å². The summed E-state index contributed by atoms with van der Waals surface area (Å²) in [6, 6.07) is 17.7. The van der Waals surface area contributed by atoms with E-state index in [9.17, 15) is 0 Å². The van der Waals surface area contributed by atoms with Crippen molar-refractivity contribution in [2.24, 2.45) is 0 Å². The SMILES string of the molecule is CCC(NC)c1ccccc1N(C)c1ccc(C)cc1. The van der Waals surface area contributed by atoms with Crippen LogP contribution in [-0.2, 0) is 0 Å². The number of hydrogen-bond donors (Lipinski definition) is 1. The standard InChI is InChI=1S/C18H24N2/c1-5-17(19-3)16-8-6-7-9-18(16)20(4)15-12-10-14(2)11-13-15/h6-13,17,19H,5H2,1-4H3. The van der Waals surface area contributed by atoms with Gasteiger partial charge in [-0.1, -0.05) is 42.8 Å². The van der Waals surface area contributed by atoms with Crippen molar-refractivity contribution in [2.75, 3.05) is 19.0 Å². The van der Waals surface area contributed by atoms with Crippen molar-refractivity contribution in [2.45, 2.75) is 26.3 Å². The van der Waals surface area contributed by atoms with Crippen LogP contribution in [0.15, 0.2) is 48.5 Å². The third-order valence-electron chi connectivity index (χ3n) is 3.85. The van der Waals surface area contributed by atoms with E-state index in [1.807, 2.05) is 7.05 Å². The van der Waals surface area contributed by atoms with Gasteiger partial charge in [-0.2, -0.15) is 0 Å². The highest BCUT2D eigenvalue weighted by Crippen LogP contribution is 2.31. The van der Waals surface area contributed by atoms with Crippen LogP contribution in [0.5, 0.6) is 0 Å². The maximum absolute atomic E-state index is 3.40. The smallest absolute Gasteiger partial charge is 0.0456 e. The van der Waals surface area contributed by atoms with E-state index < -0.39 is 0 Å². The second kappa shape index (κ2) is 6.58. The van der Waals surface area contributed by atoms with Gasteiger partial charge in [-0.05, 0) is 44.2 Å². The molecular formula is C18H24N2. The van der Waals surface area contributed by atoms with Crippen molar-refractivity contribution in [3.05, 3.63) is 59.7 Å². The topological polar surface area (TPSA) is 15.3 Å². The molecule has 0 aliphatic rings. The largest absolute Gasteiger partial charge is 0.344 e. The molecule has 0 fully saturated rings. The number of para-hydroxylation sites is 1. The summed E-state index contributed by atoms with van der Waals surface area (Å²) < 4.78 is 0. The number of hydrogen-bond acceptors (Lipinski definition) is 2. The average molecular weight is 268 g/mol. The van der Waals surface area contributed by atoms with Crippen LogP contribution in [0.4, 0.5) is 11.4 Å². The molecule has 0 aromatic heterocycles. The molecule has 2 rings (SSSR count). The Balaban J connectivity index is 2.39. The molecule has 0 spiro atoms. The number of rotatable bonds is 5. The second-order valence-electron chi connectivity index (χ2n) is 5.20. The number of aryl methyl sites for hydroxylation is 1. The maximum atomic E-state index is 3.40. The van der Waals surface area contributed by atoms with Gasteiger partial charge < -0.3 is 10.2 Å². The summed E-state index contributed by atoms with van der Waals surface area (Å²) in [7, 11) is 4.16. The Morgan fingerprint density at radius 3 is 2.30 bits per heavy atom. The van der Waals surface area contributed by atoms with Crippen molar-refractivity contribution in [3.8, 4) is 0 Å². The van der Waals surface area contributed by atoms with E-state index in [0.717, 1.165) is 6.42 Å². The predicted octanol–water partition coefficient (Wildman–Crippen LogP) is 4.43. The normalized spacial score (nSPS) is 12.2. The van der Waals surface area contributed by atoms with Gasteiger partial charge in [-0.15, -0.1) is 0 Å². The molecule has 2 nitrogen and oxygen atoms in total. The highest BCUT2D eigenvalue weighted by atomic mass is 15.1. The summed E-state index contributed by atoms with van der Waals surface area (Å²) in [5, 5.41) is 3.40. The van der Waals surface area contributed by atoms with Crippen LogP contribution in [0.1, 0.15) is 30.5 Å². The fourth-order valence-electron chi connectivity index (χ4n) is 2.57. The first-order valence-corrected chi connectivity index (χ1v) is 7.24. The maximum Gasteiger partial charge on any atom is 0.0456 e. The van der Waals surface area contributed by atoms with E-state index in [1.54, 1.807) is 0 Å². The van der Waals surface area contributed by atoms with Crippen LogP contribution in [0.3, 0.4) is 0 Å². The lowest BCUT2D eigenvalue weighted by molar-refractivity contribution is 0.577. The lowest BCUT2D eigenvalue weighted by atomic mass is 10.0. The molecule has 0 aliphatic carbocycles. The Hall–Kier alpha value is -1.80. The second-order valence-corrected chi connectivity index (χ2v) is 5.20. The van der Waals surface area contributed by atoms with Gasteiger partial charge in [-0.3, -0.25) is 0 Å². The zero-order chi connectivity index (χ0) is 14.5. The van der Waals surface area contributed by atoms with E-state index in [-0.39, 0.29) is 0 Å². The van der Waals surface area contributed by atoms with Gasteiger partial charge in [0.15, 0.2) is 0 Å². The summed E-state index contributed by atoms with van der Waals surface area (Å²) in [4.78, 5) is 2.26. The first-order valence-electron chi connectivity index (χ1n) is 7.24. The van der Waals surface area contributed by atoms with E-state index in [1.165, 1.54) is 22.5 Å². The monoisotopic (exact) mass is 268 g/mol. The van der Waals surface area contributed by atoms with Crippen LogP contribution in [0.25, 0.3) is 0 Å². The minimum absolute atomic E-state index is 0.388. The average Bonchev–Trinajstić information content (AvgIpc) is 2.49. The van der Waals surface area contributed by atoms with Gasteiger partial charge in [0, 0.05) is 24.5 Å². The van der Waals surface area contributed by atoms with Crippen molar-refractivity contribution in [1.29, 1.82) is 0 Å². The number of nitrogens with one attached hydrogen (secondary N) is 1. The Bertz CT molecular complexity index is 542. The summed E-state index contributed by atoms with van der Waals surface area (Å²) in [6.45, 7) is 4.33.